The molecule has 118 valence electrons. The molecule has 1 aliphatic rings. The van der Waals surface area contributed by atoms with Crippen molar-refractivity contribution in [2.75, 3.05) is 18.0 Å². The van der Waals surface area contributed by atoms with Crippen molar-refractivity contribution in [3.63, 3.8) is 0 Å². The van der Waals surface area contributed by atoms with Gasteiger partial charge in [-0.25, -0.2) is 4.98 Å². The van der Waals surface area contributed by atoms with Crippen molar-refractivity contribution in [2.24, 2.45) is 0 Å². The maximum Gasteiger partial charge on any atom is 0.252 e. The number of piperidine rings is 1. The first-order valence-corrected chi connectivity index (χ1v) is 8.08. The lowest BCUT2D eigenvalue weighted by Crippen LogP contribution is -2.46. The number of nitrogens with zero attached hydrogens (tertiary/aromatic N) is 2. The van der Waals surface area contributed by atoms with E-state index in [-0.39, 0.29) is 11.5 Å². The molecule has 21 heavy (non-hydrogen) atoms. The van der Waals surface area contributed by atoms with Gasteiger partial charge in [0.15, 0.2) is 0 Å². The summed E-state index contributed by atoms with van der Waals surface area (Å²) in [7, 11) is 0. The molecule has 0 saturated carbocycles. The summed E-state index contributed by atoms with van der Waals surface area (Å²) in [6.45, 7) is 10.4. The Morgan fingerprint density at radius 2 is 2.10 bits per heavy atom. The Hall–Kier alpha value is -1.36. The summed E-state index contributed by atoms with van der Waals surface area (Å²) in [5.41, 5.74) is -0.0639. The SMILES string of the molecule is CC(C)c1nc(N(CC2CCCCN2)C(C)C)cc(=O)[nH]1. The Bertz CT molecular complexity index is 503. The van der Waals surface area contributed by atoms with Crippen LogP contribution in [0.25, 0.3) is 0 Å². The van der Waals surface area contributed by atoms with Crippen LogP contribution in [0, 0.1) is 0 Å². The highest BCUT2D eigenvalue weighted by Gasteiger charge is 2.21. The number of anilines is 1. The molecular formula is C16H28N4O. The van der Waals surface area contributed by atoms with Gasteiger partial charge in [0.1, 0.15) is 11.6 Å². The Morgan fingerprint density at radius 1 is 1.33 bits per heavy atom. The first-order chi connectivity index (χ1) is 9.97. The Morgan fingerprint density at radius 3 is 2.67 bits per heavy atom. The van der Waals surface area contributed by atoms with Crippen molar-refractivity contribution in [2.45, 2.75) is 65.0 Å². The molecule has 1 aromatic heterocycles. The van der Waals surface area contributed by atoms with Gasteiger partial charge in [0.2, 0.25) is 0 Å². The standard InChI is InChI=1S/C16H28N4O/c1-11(2)16-18-14(9-15(21)19-16)20(12(3)4)10-13-7-5-6-8-17-13/h9,11-13,17H,5-8,10H2,1-4H3,(H,18,19,21). The van der Waals surface area contributed by atoms with Gasteiger partial charge in [0.25, 0.3) is 5.56 Å². The van der Waals surface area contributed by atoms with E-state index in [1.807, 2.05) is 13.8 Å². The van der Waals surface area contributed by atoms with Gasteiger partial charge in [0, 0.05) is 30.6 Å². The fourth-order valence-corrected chi connectivity index (χ4v) is 2.77. The zero-order valence-electron chi connectivity index (χ0n) is 13.6. The third-order valence-electron chi connectivity index (χ3n) is 4.04. The second kappa shape index (κ2) is 7.07. The number of nitrogens with one attached hydrogen (secondary N) is 2. The van der Waals surface area contributed by atoms with Crippen molar-refractivity contribution < 1.29 is 0 Å². The highest BCUT2D eigenvalue weighted by molar-refractivity contribution is 5.39. The van der Waals surface area contributed by atoms with Gasteiger partial charge < -0.3 is 15.2 Å². The predicted molar refractivity (Wildman–Crippen MR) is 87.1 cm³/mol. The van der Waals surface area contributed by atoms with E-state index in [9.17, 15) is 4.79 Å². The average Bonchev–Trinajstić information content (AvgIpc) is 2.44. The molecule has 5 nitrogen and oxygen atoms in total. The van der Waals surface area contributed by atoms with Gasteiger partial charge in [-0.1, -0.05) is 20.3 Å². The molecule has 0 bridgehead atoms. The first kappa shape index (κ1) is 16.0. The summed E-state index contributed by atoms with van der Waals surface area (Å²) in [5.74, 6) is 1.78. The molecule has 1 saturated heterocycles. The van der Waals surface area contributed by atoms with Crippen molar-refractivity contribution in [1.82, 2.24) is 15.3 Å². The summed E-state index contributed by atoms with van der Waals surface area (Å²) in [5, 5.41) is 3.57. The van der Waals surface area contributed by atoms with Gasteiger partial charge in [-0.3, -0.25) is 4.79 Å². The molecular weight excluding hydrogens is 264 g/mol. The molecule has 1 aliphatic heterocycles. The zero-order valence-corrected chi connectivity index (χ0v) is 13.6. The third kappa shape index (κ3) is 4.30. The number of H-pyrrole nitrogens is 1. The number of rotatable bonds is 5. The van der Waals surface area contributed by atoms with Crippen molar-refractivity contribution in [3.8, 4) is 0 Å². The number of aromatic amines is 1. The van der Waals surface area contributed by atoms with E-state index < -0.39 is 0 Å². The van der Waals surface area contributed by atoms with Crippen LogP contribution in [-0.4, -0.2) is 35.1 Å². The Balaban J connectivity index is 2.22. The van der Waals surface area contributed by atoms with Crippen LogP contribution >= 0.6 is 0 Å². The topological polar surface area (TPSA) is 61.0 Å². The van der Waals surface area contributed by atoms with Crippen LogP contribution in [0.4, 0.5) is 5.82 Å². The molecule has 5 heteroatoms. The van der Waals surface area contributed by atoms with E-state index in [0.29, 0.717) is 12.1 Å². The molecule has 2 heterocycles. The third-order valence-corrected chi connectivity index (χ3v) is 4.04. The molecule has 0 aromatic carbocycles. The molecule has 0 spiro atoms. The second-order valence-corrected chi connectivity index (χ2v) is 6.54. The summed E-state index contributed by atoms with van der Waals surface area (Å²) < 4.78 is 0. The number of aromatic nitrogens is 2. The van der Waals surface area contributed by atoms with E-state index >= 15 is 0 Å². The molecule has 0 aliphatic carbocycles. The minimum Gasteiger partial charge on any atom is -0.352 e. The number of hydrogen-bond donors (Lipinski definition) is 2. The largest absolute Gasteiger partial charge is 0.352 e. The van der Waals surface area contributed by atoms with E-state index in [1.165, 1.54) is 19.3 Å². The normalized spacial score (nSPS) is 19.2. The fourth-order valence-electron chi connectivity index (χ4n) is 2.77. The van der Waals surface area contributed by atoms with E-state index in [0.717, 1.165) is 24.7 Å². The van der Waals surface area contributed by atoms with Crippen LogP contribution < -0.4 is 15.8 Å². The van der Waals surface area contributed by atoms with Crippen LogP contribution in [0.15, 0.2) is 10.9 Å². The van der Waals surface area contributed by atoms with Crippen molar-refractivity contribution >= 4 is 5.82 Å². The van der Waals surface area contributed by atoms with Gasteiger partial charge in [0.05, 0.1) is 0 Å². The van der Waals surface area contributed by atoms with Crippen molar-refractivity contribution in [1.29, 1.82) is 0 Å². The molecule has 1 unspecified atom stereocenters. The molecule has 2 N–H and O–H groups in total. The lowest BCUT2D eigenvalue weighted by molar-refractivity contribution is 0.392. The molecule has 1 aromatic rings. The predicted octanol–water partition coefficient (Wildman–Crippen LogP) is 2.25. The van der Waals surface area contributed by atoms with E-state index in [1.54, 1.807) is 6.07 Å². The smallest absolute Gasteiger partial charge is 0.252 e. The van der Waals surface area contributed by atoms with Crippen LogP contribution in [0.2, 0.25) is 0 Å². The van der Waals surface area contributed by atoms with E-state index in [4.69, 9.17) is 0 Å². The zero-order chi connectivity index (χ0) is 15.4. The lowest BCUT2D eigenvalue weighted by Gasteiger charge is -2.34. The van der Waals surface area contributed by atoms with Crippen LogP contribution in [0.3, 0.4) is 0 Å². The molecule has 0 amide bonds. The maximum atomic E-state index is 11.9. The minimum absolute atomic E-state index is 0.0639. The van der Waals surface area contributed by atoms with Gasteiger partial charge in [-0.2, -0.15) is 0 Å². The lowest BCUT2D eigenvalue weighted by atomic mass is 10.0. The van der Waals surface area contributed by atoms with Gasteiger partial charge in [-0.15, -0.1) is 0 Å². The summed E-state index contributed by atoms with van der Waals surface area (Å²) in [6, 6.07) is 2.43. The monoisotopic (exact) mass is 292 g/mol. The van der Waals surface area contributed by atoms with E-state index in [2.05, 4.69) is 34.0 Å². The van der Waals surface area contributed by atoms with Crippen LogP contribution in [-0.2, 0) is 0 Å². The number of hydrogen-bond acceptors (Lipinski definition) is 4. The average molecular weight is 292 g/mol. The molecule has 1 fully saturated rings. The highest BCUT2D eigenvalue weighted by atomic mass is 16.1. The van der Waals surface area contributed by atoms with Crippen LogP contribution in [0.1, 0.15) is 58.7 Å². The van der Waals surface area contributed by atoms with Gasteiger partial charge in [-0.05, 0) is 33.2 Å². The first-order valence-electron chi connectivity index (χ1n) is 8.08. The maximum absolute atomic E-state index is 11.9. The quantitative estimate of drug-likeness (QED) is 0.874. The van der Waals surface area contributed by atoms with Gasteiger partial charge >= 0.3 is 0 Å². The van der Waals surface area contributed by atoms with Crippen molar-refractivity contribution in [3.05, 3.63) is 22.2 Å². The minimum atomic E-state index is -0.0639. The molecule has 1 atom stereocenters. The molecule has 2 rings (SSSR count). The Kier molecular flexibility index (Phi) is 5.39. The highest BCUT2D eigenvalue weighted by Crippen LogP contribution is 2.18. The Labute approximate surface area is 127 Å². The summed E-state index contributed by atoms with van der Waals surface area (Å²) in [4.78, 5) is 21.6. The van der Waals surface area contributed by atoms with Crippen LogP contribution in [0.5, 0.6) is 0 Å². The fraction of sp³-hybridized carbons (Fsp3) is 0.750. The molecule has 0 radical (unpaired) electrons. The second-order valence-electron chi connectivity index (χ2n) is 6.54. The summed E-state index contributed by atoms with van der Waals surface area (Å²) >= 11 is 0. The summed E-state index contributed by atoms with van der Waals surface area (Å²) in [6.07, 6.45) is 3.74.